The van der Waals surface area contributed by atoms with Crippen molar-refractivity contribution in [1.82, 2.24) is 34.9 Å². The first-order valence-electron chi connectivity index (χ1n) is 8.84. The summed E-state index contributed by atoms with van der Waals surface area (Å²) >= 11 is 0. The topological polar surface area (TPSA) is 106 Å². The van der Waals surface area contributed by atoms with E-state index < -0.39 is 0 Å². The van der Waals surface area contributed by atoms with Crippen LogP contribution in [-0.2, 0) is 11.3 Å². The average Bonchev–Trinajstić information content (AvgIpc) is 3.44. The molecule has 0 unspecified atom stereocenters. The number of anilines is 2. The molecule has 5 heterocycles. The molecule has 2 N–H and O–H groups in total. The second kappa shape index (κ2) is 6.76. The van der Waals surface area contributed by atoms with E-state index in [0.717, 1.165) is 48.0 Å². The van der Waals surface area contributed by atoms with E-state index in [1.54, 1.807) is 12.4 Å². The number of nitrogens with one attached hydrogen (secondary N) is 2. The van der Waals surface area contributed by atoms with Gasteiger partial charge in [-0.15, -0.1) is 0 Å². The molecule has 1 aliphatic rings. The molecule has 0 radical (unpaired) electrons. The zero-order valence-corrected chi connectivity index (χ0v) is 14.5. The number of aromatic amines is 1. The van der Waals surface area contributed by atoms with Gasteiger partial charge in [0.05, 0.1) is 25.0 Å². The maximum Gasteiger partial charge on any atom is 0.161 e. The van der Waals surface area contributed by atoms with Crippen LogP contribution in [0.25, 0.3) is 11.2 Å². The van der Waals surface area contributed by atoms with Gasteiger partial charge >= 0.3 is 0 Å². The molecule has 1 atom stereocenters. The van der Waals surface area contributed by atoms with Crippen LogP contribution in [-0.4, -0.2) is 48.1 Å². The lowest BCUT2D eigenvalue weighted by Gasteiger charge is -2.05. The van der Waals surface area contributed by atoms with Crippen LogP contribution in [0.3, 0.4) is 0 Å². The van der Waals surface area contributed by atoms with Crippen molar-refractivity contribution in [3.05, 3.63) is 54.2 Å². The van der Waals surface area contributed by atoms with Gasteiger partial charge < -0.3 is 14.6 Å². The quantitative estimate of drug-likeness (QED) is 0.561. The fourth-order valence-electron chi connectivity index (χ4n) is 3.25. The maximum absolute atomic E-state index is 5.44. The van der Waals surface area contributed by atoms with Crippen LogP contribution in [0.5, 0.6) is 0 Å². The highest BCUT2D eigenvalue weighted by molar-refractivity contribution is 5.73. The molecule has 0 spiro atoms. The minimum absolute atomic E-state index is 0.380. The van der Waals surface area contributed by atoms with Gasteiger partial charge in [-0.05, 0) is 24.6 Å². The predicted octanol–water partition coefficient (Wildman–Crippen LogP) is 2.24. The predicted molar refractivity (Wildman–Crippen MR) is 98.7 cm³/mol. The molecule has 136 valence electrons. The van der Waals surface area contributed by atoms with E-state index in [0.29, 0.717) is 18.3 Å². The van der Waals surface area contributed by atoms with Gasteiger partial charge in [0.1, 0.15) is 5.52 Å². The van der Waals surface area contributed by atoms with Gasteiger partial charge in [-0.1, -0.05) is 0 Å². The Hall–Kier alpha value is -3.33. The molecule has 9 nitrogen and oxygen atoms in total. The van der Waals surface area contributed by atoms with E-state index in [1.807, 2.05) is 35.0 Å². The van der Waals surface area contributed by atoms with Crippen molar-refractivity contribution in [3.8, 4) is 0 Å². The summed E-state index contributed by atoms with van der Waals surface area (Å²) in [6.07, 6.45) is 6.34. The third-order valence-corrected chi connectivity index (χ3v) is 4.65. The van der Waals surface area contributed by atoms with E-state index in [2.05, 4.69) is 30.7 Å². The number of H-pyrrole nitrogens is 1. The largest absolute Gasteiger partial charge is 0.381 e. The molecule has 0 bridgehead atoms. The number of aromatic nitrogens is 7. The number of rotatable bonds is 5. The van der Waals surface area contributed by atoms with Crippen molar-refractivity contribution in [2.75, 3.05) is 18.5 Å². The van der Waals surface area contributed by atoms with Crippen LogP contribution in [0.2, 0.25) is 0 Å². The van der Waals surface area contributed by atoms with E-state index in [-0.39, 0.29) is 0 Å². The summed E-state index contributed by atoms with van der Waals surface area (Å²) in [5.74, 6) is 1.74. The minimum atomic E-state index is 0.380. The third kappa shape index (κ3) is 3.24. The molecule has 1 fully saturated rings. The molecule has 0 saturated carbocycles. The zero-order chi connectivity index (χ0) is 18.1. The smallest absolute Gasteiger partial charge is 0.161 e. The second-order valence-electron chi connectivity index (χ2n) is 6.52. The monoisotopic (exact) mass is 362 g/mol. The second-order valence-corrected chi connectivity index (χ2v) is 6.52. The number of hydrogen-bond donors (Lipinski definition) is 2. The SMILES string of the molecule is c1cnnc(Cn2ccc3ncc(Nc4cc([C@H]5CCOC5)[nH]n4)nc32)c1. The highest BCUT2D eigenvalue weighted by Crippen LogP contribution is 2.26. The molecule has 4 aromatic rings. The van der Waals surface area contributed by atoms with Gasteiger partial charge in [0.25, 0.3) is 0 Å². The van der Waals surface area contributed by atoms with E-state index >= 15 is 0 Å². The lowest BCUT2D eigenvalue weighted by Crippen LogP contribution is -2.03. The molecule has 1 saturated heterocycles. The number of hydrogen-bond acceptors (Lipinski definition) is 7. The summed E-state index contributed by atoms with van der Waals surface area (Å²) in [7, 11) is 0. The van der Waals surface area contributed by atoms with Gasteiger partial charge in [-0.2, -0.15) is 15.3 Å². The summed E-state index contributed by atoms with van der Waals surface area (Å²) in [5, 5.41) is 18.7. The Morgan fingerprint density at radius 1 is 1.30 bits per heavy atom. The van der Waals surface area contributed by atoms with Gasteiger partial charge in [0.2, 0.25) is 0 Å². The van der Waals surface area contributed by atoms with Crippen molar-refractivity contribution in [1.29, 1.82) is 0 Å². The minimum Gasteiger partial charge on any atom is -0.381 e. The molecular weight excluding hydrogens is 344 g/mol. The molecule has 0 amide bonds. The molecule has 1 aliphatic heterocycles. The molecule has 0 aromatic carbocycles. The summed E-state index contributed by atoms with van der Waals surface area (Å²) in [6.45, 7) is 2.13. The molecule has 5 rings (SSSR count). The van der Waals surface area contributed by atoms with Crippen molar-refractivity contribution >= 4 is 22.8 Å². The van der Waals surface area contributed by atoms with Gasteiger partial charge in [-0.3, -0.25) is 5.10 Å². The average molecular weight is 362 g/mol. The van der Waals surface area contributed by atoms with Gasteiger partial charge in [0.15, 0.2) is 17.3 Å². The van der Waals surface area contributed by atoms with Crippen molar-refractivity contribution in [3.63, 3.8) is 0 Å². The van der Waals surface area contributed by atoms with Crippen LogP contribution in [0.1, 0.15) is 23.7 Å². The van der Waals surface area contributed by atoms with E-state index in [1.165, 1.54) is 0 Å². The first-order valence-corrected chi connectivity index (χ1v) is 8.84. The fourth-order valence-corrected chi connectivity index (χ4v) is 3.25. The molecule has 4 aromatic heterocycles. The molecule has 27 heavy (non-hydrogen) atoms. The van der Waals surface area contributed by atoms with Crippen molar-refractivity contribution in [2.24, 2.45) is 0 Å². The number of ether oxygens (including phenoxy) is 1. The fraction of sp³-hybridized carbons (Fsp3) is 0.278. The molecule has 9 heteroatoms. The first kappa shape index (κ1) is 15.9. The summed E-state index contributed by atoms with van der Waals surface area (Å²) < 4.78 is 7.44. The lowest BCUT2D eigenvalue weighted by molar-refractivity contribution is 0.193. The number of fused-ring (bicyclic) bond motifs is 1. The highest BCUT2D eigenvalue weighted by atomic mass is 16.5. The van der Waals surface area contributed by atoms with Crippen molar-refractivity contribution < 1.29 is 4.74 Å². The van der Waals surface area contributed by atoms with Crippen LogP contribution >= 0.6 is 0 Å². The Balaban J connectivity index is 1.38. The highest BCUT2D eigenvalue weighted by Gasteiger charge is 2.20. The van der Waals surface area contributed by atoms with Crippen LogP contribution in [0.15, 0.2) is 42.9 Å². The van der Waals surface area contributed by atoms with Crippen LogP contribution < -0.4 is 5.32 Å². The third-order valence-electron chi connectivity index (χ3n) is 4.65. The summed E-state index contributed by atoms with van der Waals surface area (Å²) in [6, 6.07) is 7.75. The Bertz CT molecular complexity index is 1050. The van der Waals surface area contributed by atoms with Crippen LogP contribution in [0, 0.1) is 0 Å². The Morgan fingerprint density at radius 3 is 3.15 bits per heavy atom. The van der Waals surface area contributed by atoms with Gasteiger partial charge in [0, 0.05) is 36.7 Å². The molecular formula is C18H18N8O. The van der Waals surface area contributed by atoms with E-state index in [4.69, 9.17) is 9.72 Å². The zero-order valence-electron chi connectivity index (χ0n) is 14.5. The van der Waals surface area contributed by atoms with Crippen molar-refractivity contribution in [2.45, 2.75) is 18.9 Å². The maximum atomic E-state index is 5.44. The lowest BCUT2D eigenvalue weighted by atomic mass is 10.1. The Morgan fingerprint density at radius 2 is 2.30 bits per heavy atom. The standard InChI is InChI=1S/C18H18N8O/c1-2-13(23-20-5-1)10-26-6-3-14-18(26)22-17(9-19-14)21-16-8-15(24-25-16)12-4-7-27-11-12/h1-3,5-6,8-9,12H,4,7,10-11H2,(H2,21,22,24,25)/t12-/m0/s1. The van der Waals surface area contributed by atoms with E-state index in [9.17, 15) is 0 Å². The van der Waals surface area contributed by atoms with Gasteiger partial charge in [-0.25, -0.2) is 9.97 Å². The Labute approximate surface area is 154 Å². The summed E-state index contributed by atoms with van der Waals surface area (Å²) in [4.78, 5) is 9.18. The first-order chi connectivity index (χ1) is 13.3. The Kier molecular flexibility index (Phi) is 3.98. The number of nitrogens with zero attached hydrogens (tertiary/aromatic N) is 6. The summed E-state index contributed by atoms with van der Waals surface area (Å²) in [5.41, 5.74) is 3.56. The van der Waals surface area contributed by atoms with Crippen LogP contribution in [0.4, 0.5) is 11.6 Å². The normalized spacial score (nSPS) is 16.8. The molecule has 0 aliphatic carbocycles.